The summed E-state index contributed by atoms with van der Waals surface area (Å²) in [6.45, 7) is 0. The molecule has 2 heterocycles. The molecule has 0 aliphatic rings. The fourth-order valence-electron chi connectivity index (χ4n) is 1.16. The minimum absolute atomic E-state index is 0.135. The molecule has 0 saturated heterocycles. The molecule has 2 aromatic rings. The molecule has 2 aromatic heterocycles. The van der Waals surface area contributed by atoms with Gasteiger partial charge in [-0.05, 0) is 6.07 Å². The SMILES string of the molecule is FC(F)(F)c1cc(S)cnc1-n1ccnn1. The van der Waals surface area contributed by atoms with Crippen LogP contribution in [0.1, 0.15) is 5.56 Å². The first kappa shape index (κ1) is 10.9. The summed E-state index contributed by atoms with van der Waals surface area (Å²) in [5.41, 5.74) is -0.898. The van der Waals surface area contributed by atoms with E-state index in [1.807, 2.05) is 0 Å². The van der Waals surface area contributed by atoms with Crippen LogP contribution in [0.2, 0.25) is 0 Å². The lowest BCUT2D eigenvalue weighted by atomic mass is 10.2. The number of aromatic nitrogens is 4. The van der Waals surface area contributed by atoms with Gasteiger partial charge in [-0.2, -0.15) is 13.2 Å². The molecule has 0 bridgehead atoms. The van der Waals surface area contributed by atoms with E-state index in [-0.39, 0.29) is 10.7 Å². The second-order valence-corrected chi connectivity index (χ2v) is 3.43. The van der Waals surface area contributed by atoms with E-state index in [0.717, 1.165) is 10.7 Å². The maximum absolute atomic E-state index is 12.7. The number of nitrogens with zero attached hydrogens (tertiary/aromatic N) is 4. The zero-order valence-corrected chi connectivity index (χ0v) is 8.57. The molecule has 0 N–H and O–H groups in total. The first-order valence-corrected chi connectivity index (χ1v) is 4.56. The van der Waals surface area contributed by atoms with Crippen LogP contribution in [0.5, 0.6) is 0 Å². The molecule has 4 nitrogen and oxygen atoms in total. The largest absolute Gasteiger partial charge is 0.420 e. The molecule has 0 spiro atoms. The van der Waals surface area contributed by atoms with Crippen molar-refractivity contribution in [2.24, 2.45) is 0 Å². The summed E-state index contributed by atoms with van der Waals surface area (Å²) in [6.07, 6.45) is -0.728. The molecule has 0 unspecified atom stereocenters. The highest BCUT2D eigenvalue weighted by atomic mass is 32.1. The van der Waals surface area contributed by atoms with Gasteiger partial charge in [-0.3, -0.25) is 0 Å². The van der Waals surface area contributed by atoms with E-state index in [2.05, 4.69) is 27.9 Å². The lowest BCUT2D eigenvalue weighted by molar-refractivity contribution is -0.137. The summed E-state index contributed by atoms with van der Waals surface area (Å²) in [6, 6.07) is 0.896. The lowest BCUT2D eigenvalue weighted by Crippen LogP contribution is -2.13. The Morgan fingerprint density at radius 2 is 2.06 bits per heavy atom. The van der Waals surface area contributed by atoms with Gasteiger partial charge in [-0.15, -0.1) is 17.7 Å². The highest BCUT2D eigenvalue weighted by Crippen LogP contribution is 2.33. The van der Waals surface area contributed by atoms with Crippen LogP contribution < -0.4 is 0 Å². The number of rotatable bonds is 1. The molecule has 0 aromatic carbocycles. The predicted molar refractivity (Wildman–Crippen MR) is 51.4 cm³/mol. The maximum Gasteiger partial charge on any atom is 0.420 e. The topological polar surface area (TPSA) is 43.6 Å². The van der Waals surface area contributed by atoms with Crippen LogP contribution in [0.15, 0.2) is 29.6 Å². The third-order valence-corrected chi connectivity index (χ3v) is 2.04. The third-order valence-electron chi connectivity index (χ3n) is 1.80. The molecule has 84 valence electrons. The van der Waals surface area contributed by atoms with E-state index >= 15 is 0 Å². The Hall–Kier alpha value is -1.57. The zero-order chi connectivity index (χ0) is 11.8. The Kier molecular flexibility index (Phi) is 2.58. The number of pyridine rings is 1. The molecule has 0 fully saturated rings. The van der Waals surface area contributed by atoms with Gasteiger partial charge in [0.15, 0.2) is 5.82 Å². The second-order valence-electron chi connectivity index (χ2n) is 2.91. The van der Waals surface area contributed by atoms with Crippen LogP contribution in [0.25, 0.3) is 5.82 Å². The van der Waals surface area contributed by atoms with Crippen molar-refractivity contribution in [3.63, 3.8) is 0 Å². The van der Waals surface area contributed by atoms with Crippen LogP contribution >= 0.6 is 12.6 Å². The first-order chi connectivity index (χ1) is 7.48. The molecule has 8 heteroatoms. The highest BCUT2D eigenvalue weighted by molar-refractivity contribution is 7.80. The van der Waals surface area contributed by atoms with Crippen molar-refractivity contribution in [2.45, 2.75) is 11.1 Å². The summed E-state index contributed by atoms with van der Waals surface area (Å²) in [4.78, 5) is 3.79. The Morgan fingerprint density at radius 1 is 1.31 bits per heavy atom. The van der Waals surface area contributed by atoms with E-state index in [1.165, 1.54) is 18.6 Å². The van der Waals surface area contributed by atoms with Crippen LogP contribution in [-0.2, 0) is 6.18 Å². The molecule has 0 saturated carbocycles. The maximum atomic E-state index is 12.7. The van der Waals surface area contributed by atoms with E-state index < -0.39 is 11.7 Å². The average molecular weight is 246 g/mol. The summed E-state index contributed by atoms with van der Waals surface area (Å²) in [5.74, 6) is -0.317. The van der Waals surface area contributed by atoms with E-state index in [4.69, 9.17) is 0 Å². The van der Waals surface area contributed by atoms with Crippen molar-refractivity contribution < 1.29 is 13.2 Å². The Bertz CT molecular complexity index is 494. The summed E-state index contributed by atoms with van der Waals surface area (Å²) in [5, 5.41) is 6.90. The molecule has 0 aliphatic carbocycles. The fourth-order valence-corrected chi connectivity index (χ4v) is 1.35. The normalized spacial score (nSPS) is 11.8. The molecular formula is C8H5F3N4S. The molecule has 0 atom stereocenters. The van der Waals surface area contributed by atoms with Gasteiger partial charge in [0.05, 0.1) is 12.4 Å². The monoisotopic (exact) mass is 246 g/mol. The summed E-state index contributed by atoms with van der Waals surface area (Å²) < 4.78 is 39.0. The van der Waals surface area contributed by atoms with E-state index in [1.54, 1.807) is 0 Å². The van der Waals surface area contributed by atoms with Crippen molar-refractivity contribution in [1.29, 1.82) is 0 Å². The van der Waals surface area contributed by atoms with Gasteiger partial charge in [0.25, 0.3) is 0 Å². The number of thiol groups is 1. The molecule has 0 amide bonds. The number of hydrogen-bond donors (Lipinski definition) is 1. The van der Waals surface area contributed by atoms with Gasteiger partial charge >= 0.3 is 6.18 Å². The van der Waals surface area contributed by atoms with Crippen molar-refractivity contribution >= 4 is 12.6 Å². The molecular weight excluding hydrogens is 241 g/mol. The molecule has 0 aliphatic heterocycles. The Balaban J connectivity index is 2.62. The minimum atomic E-state index is -4.51. The standard InChI is InChI=1S/C8H5F3N4S/c9-8(10,11)6-3-5(16)4-12-7(6)15-2-1-13-14-15/h1-4,16H. The molecule has 0 radical (unpaired) electrons. The van der Waals surface area contributed by atoms with E-state index in [9.17, 15) is 13.2 Å². The molecule has 16 heavy (non-hydrogen) atoms. The number of hydrogen-bond acceptors (Lipinski definition) is 4. The van der Waals surface area contributed by atoms with Crippen molar-refractivity contribution in [3.8, 4) is 5.82 Å². The lowest BCUT2D eigenvalue weighted by Gasteiger charge is -2.11. The fraction of sp³-hybridized carbons (Fsp3) is 0.125. The van der Waals surface area contributed by atoms with Gasteiger partial charge in [0.2, 0.25) is 0 Å². The van der Waals surface area contributed by atoms with Gasteiger partial charge in [-0.1, -0.05) is 5.21 Å². The summed E-state index contributed by atoms with van der Waals surface area (Å²) in [7, 11) is 0. The minimum Gasteiger partial charge on any atom is -0.235 e. The van der Waals surface area contributed by atoms with Crippen LogP contribution in [0.3, 0.4) is 0 Å². The van der Waals surface area contributed by atoms with Gasteiger partial charge in [0.1, 0.15) is 5.56 Å². The van der Waals surface area contributed by atoms with Gasteiger partial charge in [-0.25, -0.2) is 9.67 Å². The van der Waals surface area contributed by atoms with Crippen LogP contribution in [0, 0.1) is 0 Å². The van der Waals surface area contributed by atoms with Gasteiger partial charge in [0, 0.05) is 11.1 Å². The van der Waals surface area contributed by atoms with Crippen molar-refractivity contribution in [3.05, 3.63) is 30.2 Å². The number of halogens is 3. The van der Waals surface area contributed by atoms with Crippen molar-refractivity contribution in [1.82, 2.24) is 20.0 Å². The summed E-state index contributed by atoms with van der Waals surface area (Å²) >= 11 is 3.82. The average Bonchev–Trinajstić information content (AvgIpc) is 2.69. The predicted octanol–water partition coefficient (Wildman–Crippen LogP) is 1.97. The quantitative estimate of drug-likeness (QED) is 0.782. The highest BCUT2D eigenvalue weighted by Gasteiger charge is 2.35. The van der Waals surface area contributed by atoms with Crippen LogP contribution in [-0.4, -0.2) is 20.0 Å². The number of alkyl halides is 3. The Morgan fingerprint density at radius 3 is 2.62 bits per heavy atom. The van der Waals surface area contributed by atoms with Gasteiger partial charge < -0.3 is 0 Å². The first-order valence-electron chi connectivity index (χ1n) is 4.11. The van der Waals surface area contributed by atoms with Crippen LogP contribution in [0.4, 0.5) is 13.2 Å². The smallest absolute Gasteiger partial charge is 0.235 e. The van der Waals surface area contributed by atoms with Crippen molar-refractivity contribution in [2.75, 3.05) is 0 Å². The Labute approximate surface area is 93.5 Å². The third kappa shape index (κ3) is 2.01. The van der Waals surface area contributed by atoms with E-state index in [0.29, 0.717) is 0 Å². The second kappa shape index (κ2) is 3.78. The molecule has 2 rings (SSSR count). The zero-order valence-electron chi connectivity index (χ0n) is 7.68.